The number of benzene rings is 2. The molecule has 1 unspecified atom stereocenters. The van der Waals surface area contributed by atoms with Crippen molar-refractivity contribution in [2.45, 2.75) is 26.1 Å². The third kappa shape index (κ3) is 3.52. The molecule has 0 bridgehead atoms. The number of hydrogen-bond donors (Lipinski definition) is 1. The number of ether oxygens (including phenoxy) is 2. The quantitative estimate of drug-likeness (QED) is 0.912. The van der Waals surface area contributed by atoms with Crippen molar-refractivity contribution in [1.29, 1.82) is 0 Å². The molecule has 0 aromatic heterocycles. The highest BCUT2D eigenvalue weighted by atomic mass is 19.1. The molecule has 0 heterocycles. The van der Waals surface area contributed by atoms with Gasteiger partial charge < -0.3 is 14.6 Å². The van der Waals surface area contributed by atoms with E-state index >= 15 is 0 Å². The maximum absolute atomic E-state index is 14.0. The van der Waals surface area contributed by atoms with E-state index in [1.807, 2.05) is 13.8 Å². The molecule has 0 radical (unpaired) electrons. The Morgan fingerprint density at radius 2 is 1.71 bits per heavy atom. The Morgan fingerprint density at radius 3 is 2.29 bits per heavy atom. The zero-order valence-corrected chi connectivity index (χ0v) is 12.3. The number of rotatable bonds is 5. The molecule has 112 valence electrons. The van der Waals surface area contributed by atoms with Crippen molar-refractivity contribution >= 4 is 0 Å². The lowest BCUT2D eigenvalue weighted by molar-refractivity contribution is 0.208. The van der Waals surface area contributed by atoms with Crippen LogP contribution in [0, 0.1) is 5.82 Å². The van der Waals surface area contributed by atoms with E-state index in [9.17, 15) is 9.50 Å². The van der Waals surface area contributed by atoms with E-state index in [0.29, 0.717) is 17.1 Å². The van der Waals surface area contributed by atoms with Gasteiger partial charge in [0.1, 0.15) is 23.4 Å². The van der Waals surface area contributed by atoms with Crippen LogP contribution in [0.5, 0.6) is 11.5 Å². The number of hydrogen-bond acceptors (Lipinski definition) is 3. The summed E-state index contributed by atoms with van der Waals surface area (Å²) in [5.74, 6) is 0.538. The van der Waals surface area contributed by atoms with Gasteiger partial charge in [-0.15, -0.1) is 0 Å². The van der Waals surface area contributed by atoms with E-state index in [1.165, 1.54) is 13.2 Å². The summed E-state index contributed by atoms with van der Waals surface area (Å²) in [7, 11) is 1.45. The summed E-state index contributed by atoms with van der Waals surface area (Å²) >= 11 is 0. The third-order valence-corrected chi connectivity index (χ3v) is 3.07. The van der Waals surface area contributed by atoms with E-state index < -0.39 is 11.9 Å². The molecule has 2 aromatic rings. The normalized spacial score (nSPS) is 12.3. The smallest absolute Gasteiger partial charge is 0.133 e. The first-order valence-electron chi connectivity index (χ1n) is 6.80. The minimum absolute atomic E-state index is 0.0763. The Hall–Kier alpha value is -2.07. The lowest BCUT2D eigenvalue weighted by atomic mass is 10.00. The van der Waals surface area contributed by atoms with Gasteiger partial charge >= 0.3 is 0 Å². The summed E-state index contributed by atoms with van der Waals surface area (Å²) in [6.07, 6.45) is -1.01. The highest BCUT2D eigenvalue weighted by Gasteiger charge is 2.19. The molecule has 0 amide bonds. The van der Waals surface area contributed by atoms with Crippen molar-refractivity contribution in [2.75, 3.05) is 7.11 Å². The summed E-state index contributed by atoms with van der Waals surface area (Å²) in [4.78, 5) is 0. The average Bonchev–Trinajstić information content (AvgIpc) is 2.46. The fourth-order valence-corrected chi connectivity index (χ4v) is 2.13. The topological polar surface area (TPSA) is 38.7 Å². The Kier molecular flexibility index (Phi) is 4.81. The summed E-state index contributed by atoms with van der Waals surface area (Å²) in [6, 6.07) is 11.4. The van der Waals surface area contributed by atoms with E-state index in [0.717, 1.165) is 0 Å². The van der Waals surface area contributed by atoms with Crippen LogP contribution < -0.4 is 9.47 Å². The van der Waals surface area contributed by atoms with Crippen LogP contribution in [0.1, 0.15) is 31.1 Å². The van der Waals surface area contributed by atoms with Crippen LogP contribution in [0.25, 0.3) is 0 Å². The maximum Gasteiger partial charge on any atom is 0.133 e. The van der Waals surface area contributed by atoms with Gasteiger partial charge in [0, 0.05) is 0 Å². The van der Waals surface area contributed by atoms with Crippen LogP contribution in [0.4, 0.5) is 4.39 Å². The molecular formula is C17H19FO3. The highest BCUT2D eigenvalue weighted by molar-refractivity contribution is 5.42. The fraction of sp³-hybridized carbons (Fsp3) is 0.294. The Balaban J connectivity index is 2.30. The largest absolute Gasteiger partial charge is 0.496 e. The molecule has 2 rings (SSSR count). The van der Waals surface area contributed by atoms with Crippen molar-refractivity contribution in [1.82, 2.24) is 0 Å². The molecule has 0 saturated carbocycles. The molecule has 1 N–H and O–H groups in total. The van der Waals surface area contributed by atoms with Crippen LogP contribution in [-0.4, -0.2) is 18.3 Å². The molecule has 21 heavy (non-hydrogen) atoms. The minimum Gasteiger partial charge on any atom is -0.496 e. The van der Waals surface area contributed by atoms with Crippen LogP contribution in [0.15, 0.2) is 42.5 Å². The van der Waals surface area contributed by atoms with E-state index in [-0.39, 0.29) is 11.7 Å². The van der Waals surface area contributed by atoms with Crippen molar-refractivity contribution in [2.24, 2.45) is 0 Å². The Labute approximate surface area is 124 Å². The highest BCUT2D eigenvalue weighted by Crippen LogP contribution is 2.32. The van der Waals surface area contributed by atoms with Crippen molar-refractivity contribution in [3.63, 3.8) is 0 Å². The number of aliphatic hydroxyl groups excluding tert-OH is 1. The molecule has 0 spiro atoms. The molecule has 1 atom stereocenters. The van der Waals surface area contributed by atoms with Crippen molar-refractivity contribution in [3.8, 4) is 11.5 Å². The summed E-state index contributed by atoms with van der Waals surface area (Å²) in [6.45, 7) is 3.87. The third-order valence-electron chi connectivity index (χ3n) is 3.07. The first-order valence-corrected chi connectivity index (χ1v) is 6.80. The maximum atomic E-state index is 14.0. The standard InChI is InChI=1S/C17H19FO3/c1-11(2)21-13-9-7-12(8-10-13)17(19)16-14(18)5-4-6-15(16)20-3/h4-11,17,19H,1-3H3. The van der Waals surface area contributed by atoms with Gasteiger partial charge in [0.15, 0.2) is 0 Å². The molecule has 0 aliphatic heterocycles. The number of methoxy groups -OCH3 is 1. The van der Waals surface area contributed by atoms with Crippen LogP contribution in [-0.2, 0) is 0 Å². The average molecular weight is 290 g/mol. The van der Waals surface area contributed by atoms with Crippen LogP contribution in [0.3, 0.4) is 0 Å². The summed E-state index contributed by atoms with van der Waals surface area (Å²) < 4.78 is 24.6. The molecule has 4 heteroatoms. The lowest BCUT2D eigenvalue weighted by Crippen LogP contribution is -2.07. The summed E-state index contributed by atoms with van der Waals surface area (Å²) in [5.41, 5.74) is 0.715. The van der Waals surface area contributed by atoms with Crippen molar-refractivity contribution in [3.05, 3.63) is 59.4 Å². The predicted octanol–water partition coefficient (Wildman–Crippen LogP) is 3.70. The first kappa shape index (κ1) is 15.3. The lowest BCUT2D eigenvalue weighted by Gasteiger charge is -2.17. The molecule has 0 saturated heterocycles. The van der Waals surface area contributed by atoms with Gasteiger partial charge in [0.25, 0.3) is 0 Å². The second-order valence-electron chi connectivity index (χ2n) is 4.99. The minimum atomic E-state index is -1.09. The van der Waals surface area contributed by atoms with Gasteiger partial charge in [0.05, 0.1) is 18.8 Å². The molecule has 0 aliphatic carbocycles. The Bertz CT molecular complexity index is 593. The zero-order chi connectivity index (χ0) is 15.4. The van der Waals surface area contributed by atoms with Crippen LogP contribution in [0.2, 0.25) is 0 Å². The molecular weight excluding hydrogens is 271 g/mol. The van der Waals surface area contributed by atoms with E-state index in [2.05, 4.69) is 0 Å². The van der Waals surface area contributed by atoms with Crippen molar-refractivity contribution < 1.29 is 19.0 Å². The van der Waals surface area contributed by atoms with Gasteiger partial charge in [-0.3, -0.25) is 0 Å². The van der Waals surface area contributed by atoms with E-state index in [1.54, 1.807) is 36.4 Å². The SMILES string of the molecule is COc1cccc(F)c1C(O)c1ccc(OC(C)C)cc1. The Morgan fingerprint density at radius 1 is 1.05 bits per heavy atom. The summed E-state index contributed by atoms with van der Waals surface area (Å²) in [5, 5.41) is 10.4. The number of aliphatic hydroxyl groups is 1. The first-order chi connectivity index (χ1) is 10.0. The molecule has 3 nitrogen and oxygen atoms in total. The predicted molar refractivity (Wildman–Crippen MR) is 79.2 cm³/mol. The molecule has 0 fully saturated rings. The molecule has 0 aliphatic rings. The fourth-order valence-electron chi connectivity index (χ4n) is 2.13. The van der Waals surface area contributed by atoms with Gasteiger partial charge in [-0.25, -0.2) is 4.39 Å². The van der Waals surface area contributed by atoms with Gasteiger partial charge in [0.2, 0.25) is 0 Å². The molecule has 2 aromatic carbocycles. The van der Waals surface area contributed by atoms with Gasteiger partial charge in [-0.2, -0.15) is 0 Å². The number of halogens is 1. The van der Waals surface area contributed by atoms with Gasteiger partial charge in [-0.05, 0) is 43.7 Å². The van der Waals surface area contributed by atoms with Gasteiger partial charge in [-0.1, -0.05) is 18.2 Å². The second kappa shape index (κ2) is 6.59. The van der Waals surface area contributed by atoms with Crippen LogP contribution >= 0.6 is 0 Å². The zero-order valence-electron chi connectivity index (χ0n) is 12.3. The second-order valence-corrected chi connectivity index (χ2v) is 4.99. The van der Waals surface area contributed by atoms with E-state index in [4.69, 9.17) is 9.47 Å². The monoisotopic (exact) mass is 290 g/mol.